The third kappa shape index (κ3) is 4.90. The van der Waals surface area contributed by atoms with Gasteiger partial charge in [0.1, 0.15) is 5.75 Å². The number of phenols is 1. The molecule has 2 aromatic rings. The van der Waals surface area contributed by atoms with Crippen molar-refractivity contribution < 1.29 is 15.0 Å². The number of pyridine rings is 1. The maximum Gasteiger partial charge on any atom is 0.176 e. The Morgan fingerprint density at radius 3 is 2.58 bits per heavy atom. The molecule has 0 spiro atoms. The predicted octanol–water partition coefficient (Wildman–Crippen LogP) is 2.53. The quantitative estimate of drug-likeness (QED) is 0.713. The second-order valence-electron chi connectivity index (χ2n) is 7.08. The number of aliphatic hydroxyl groups is 1. The number of aromatic nitrogens is 1. The number of aliphatic hydroxyl groups excluding tert-OH is 1. The lowest BCUT2D eigenvalue weighted by molar-refractivity contribution is 0.0940. The highest BCUT2D eigenvalue weighted by molar-refractivity contribution is 5.97. The molecule has 0 radical (unpaired) electrons. The van der Waals surface area contributed by atoms with Crippen LogP contribution in [-0.2, 0) is 6.42 Å². The smallest absolute Gasteiger partial charge is 0.176 e. The average molecular weight is 354 g/mol. The van der Waals surface area contributed by atoms with Crippen LogP contribution in [0.5, 0.6) is 5.75 Å². The van der Waals surface area contributed by atoms with Gasteiger partial charge in [0, 0.05) is 37.2 Å². The fraction of sp³-hybridized carbons (Fsp3) is 0.429. The Bertz CT molecular complexity index is 703. The zero-order valence-electron chi connectivity index (χ0n) is 14.9. The first-order chi connectivity index (χ1) is 12.7. The van der Waals surface area contributed by atoms with Crippen LogP contribution in [0.25, 0.3) is 0 Å². The number of Topliss-reactive ketones (excluding diaryl/α,β-unsaturated/α-hetero) is 1. The molecule has 26 heavy (non-hydrogen) atoms. The first kappa shape index (κ1) is 18.5. The number of ketones is 1. The number of likely N-dealkylation sites (tertiary alicyclic amines) is 1. The van der Waals surface area contributed by atoms with Crippen molar-refractivity contribution >= 4 is 5.78 Å². The number of aromatic hydroxyl groups is 1. The first-order valence-corrected chi connectivity index (χ1v) is 9.21. The second kappa shape index (κ2) is 8.92. The number of benzene rings is 1. The second-order valence-corrected chi connectivity index (χ2v) is 7.08. The van der Waals surface area contributed by atoms with Crippen LogP contribution in [0.15, 0.2) is 48.7 Å². The van der Waals surface area contributed by atoms with Crippen molar-refractivity contribution in [3.8, 4) is 5.75 Å². The summed E-state index contributed by atoms with van der Waals surface area (Å²) in [5.74, 6) is 0.856. The molecule has 0 aliphatic carbocycles. The molecule has 1 aromatic carbocycles. The minimum atomic E-state index is 0.0517. The van der Waals surface area contributed by atoms with Gasteiger partial charge in [0.25, 0.3) is 0 Å². The highest BCUT2D eigenvalue weighted by Gasteiger charge is 2.32. The van der Waals surface area contributed by atoms with Crippen molar-refractivity contribution in [2.45, 2.75) is 19.3 Å². The Morgan fingerprint density at radius 1 is 1.12 bits per heavy atom. The SMILES string of the molecule is O=C(CN1C[C@@H](CCCc2ccccn2)[C@@H](CO)C1)c1ccc(O)cc1. The van der Waals surface area contributed by atoms with Crippen LogP contribution >= 0.6 is 0 Å². The van der Waals surface area contributed by atoms with Gasteiger partial charge in [0.05, 0.1) is 6.54 Å². The summed E-state index contributed by atoms with van der Waals surface area (Å²) in [5.41, 5.74) is 1.72. The molecule has 2 atom stereocenters. The van der Waals surface area contributed by atoms with Gasteiger partial charge < -0.3 is 10.2 Å². The van der Waals surface area contributed by atoms with E-state index in [0.29, 0.717) is 18.0 Å². The van der Waals surface area contributed by atoms with Gasteiger partial charge in [-0.25, -0.2) is 0 Å². The molecule has 1 aromatic heterocycles. The highest BCUT2D eigenvalue weighted by Crippen LogP contribution is 2.28. The lowest BCUT2D eigenvalue weighted by Crippen LogP contribution is -2.28. The van der Waals surface area contributed by atoms with Crippen LogP contribution in [0, 0.1) is 11.8 Å². The number of phenolic OH excluding ortho intramolecular Hbond substituents is 1. The first-order valence-electron chi connectivity index (χ1n) is 9.21. The van der Waals surface area contributed by atoms with Crippen molar-refractivity contribution in [3.63, 3.8) is 0 Å². The van der Waals surface area contributed by atoms with E-state index < -0.39 is 0 Å². The van der Waals surface area contributed by atoms with Gasteiger partial charge in [-0.2, -0.15) is 0 Å². The Kier molecular flexibility index (Phi) is 6.36. The molecule has 1 fully saturated rings. The summed E-state index contributed by atoms with van der Waals surface area (Å²) in [6, 6.07) is 12.3. The van der Waals surface area contributed by atoms with E-state index in [1.165, 1.54) is 12.1 Å². The topological polar surface area (TPSA) is 73.7 Å². The molecule has 5 nitrogen and oxygen atoms in total. The van der Waals surface area contributed by atoms with E-state index in [9.17, 15) is 15.0 Å². The maximum atomic E-state index is 12.4. The number of aryl methyl sites for hydroxylation is 1. The van der Waals surface area contributed by atoms with E-state index in [1.54, 1.807) is 12.1 Å². The fourth-order valence-electron chi connectivity index (χ4n) is 3.73. The summed E-state index contributed by atoms with van der Waals surface area (Å²) in [6.45, 7) is 2.13. The zero-order valence-corrected chi connectivity index (χ0v) is 14.9. The van der Waals surface area contributed by atoms with Crippen molar-refractivity contribution in [1.29, 1.82) is 0 Å². The van der Waals surface area contributed by atoms with E-state index >= 15 is 0 Å². The van der Waals surface area contributed by atoms with Crippen LogP contribution in [0.2, 0.25) is 0 Å². The van der Waals surface area contributed by atoms with Crippen LogP contribution in [0.1, 0.15) is 28.9 Å². The largest absolute Gasteiger partial charge is 0.508 e. The van der Waals surface area contributed by atoms with Crippen LogP contribution in [0.3, 0.4) is 0 Å². The van der Waals surface area contributed by atoms with Crippen molar-refractivity contribution in [3.05, 3.63) is 59.9 Å². The lowest BCUT2D eigenvalue weighted by atomic mass is 9.91. The van der Waals surface area contributed by atoms with Gasteiger partial charge >= 0.3 is 0 Å². The molecule has 2 heterocycles. The number of hydrogen-bond acceptors (Lipinski definition) is 5. The third-order valence-electron chi connectivity index (χ3n) is 5.18. The monoisotopic (exact) mass is 354 g/mol. The standard InChI is InChI=1S/C21H26N2O3/c24-15-18-13-23(14-21(26)16-7-9-20(25)10-8-16)12-17(18)4-3-6-19-5-1-2-11-22-19/h1-2,5,7-11,17-18,24-25H,3-4,6,12-15H2/t17-,18-/m1/s1. The van der Waals surface area contributed by atoms with Crippen molar-refractivity contribution in [1.82, 2.24) is 9.88 Å². The molecular formula is C21H26N2O3. The number of rotatable bonds is 8. The van der Waals surface area contributed by atoms with Crippen LogP contribution in [-0.4, -0.2) is 52.1 Å². The normalized spacial score (nSPS) is 20.3. The Balaban J connectivity index is 1.50. The summed E-state index contributed by atoms with van der Waals surface area (Å²) in [4.78, 5) is 18.9. The molecule has 2 N–H and O–H groups in total. The number of carbonyl (C=O) groups is 1. The minimum Gasteiger partial charge on any atom is -0.508 e. The number of carbonyl (C=O) groups excluding carboxylic acids is 1. The van der Waals surface area contributed by atoms with E-state index in [-0.39, 0.29) is 24.1 Å². The van der Waals surface area contributed by atoms with E-state index in [2.05, 4.69) is 9.88 Å². The van der Waals surface area contributed by atoms with Crippen LogP contribution < -0.4 is 0 Å². The summed E-state index contributed by atoms with van der Waals surface area (Å²) < 4.78 is 0. The van der Waals surface area contributed by atoms with Gasteiger partial charge in [0.2, 0.25) is 0 Å². The van der Waals surface area contributed by atoms with Gasteiger partial charge in [-0.15, -0.1) is 0 Å². The summed E-state index contributed by atoms with van der Waals surface area (Å²) in [5, 5.41) is 19.0. The van der Waals surface area contributed by atoms with Crippen molar-refractivity contribution in [2.75, 3.05) is 26.2 Å². The van der Waals surface area contributed by atoms with Gasteiger partial charge in [0.15, 0.2) is 5.78 Å². The van der Waals surface area contributed by atoms with Gasteiger partial charge in [-0.05, 0) is 67.5 Å². The maximum absolute atomic E-state index is 12.4. The third-order valence-corrected chi connectivity index (χ3v) is 5.18. The number of hydrogen-bond donors (Lipinski definition) is 2. The van der Waals surface area contributed by atoms with Crippen LogP contribution in [0.4, 0.5) is 0 Å². The summed E-state index contributed by atoms with van der Waals surface area (Å²) >= 11 is 0. The Labute approximate surface area is 154 Å². The summed E-state index contributed by atoms with van der Waals surface area (Å²) in [6.07, 6.45) is 4.84. The molecule has 1 aliphatic rings. The lowest BCUT2D eigenvalue weighted by Gasteiger charge is -2.15. The molecule has 5 heteroatoms. The Hall–Kier alpha value is -2.24. The van der Waals surface area contributed by atoms with E-state index in [4.69, 9.17) is 0 Å². The van der Waals surface area contributed by atoms with Crippen molar-refractivity contribution in [2.24, 2.45) is 11.8 Å². The molecule has 0 bridgehead atoms. The molecular weight excluding hydrogens is 328 g/mol. The van der Waals surface area contributed by atoms with Gasteiger partial charge in [-0.1, -0.05) is 6.07 Å². The molecule has 0 saturated carbocycles. The summed E-state index contributed by atoms with van der Waals surface area (Å²) in [7, 11) is 0. The number of nitrogens with zero attached hydrogens (tertiary/aromatic N) is 2. The Morgan fingerprint density at radius 2 is 1.88 bits per heavy atom. The molecule has 3 rings (SSSR count). The molecule has 0 amide bonds. The highest BCUT2D eigenvalue weighted by atomic mass is 16.3. The van der Waals surface area contributed by atoms with E-state index in [1.807, 2.05) is 24.4 Å². The molecule has 0 unspecified atom stereocenters. The average Bonchev–Trinajstić information content (AvgIpc) is 3.04. The minimum absolute atomic E-state index is 0.0517. The zero-order chi connectivity index (χ0) is 18.4. The molecule has 1 saturated heterocycles. The predicted molar refractivity (Wildman–Crippen MR) is 100 cm³/mol. The van der Waals surface area contributed by atoms with E-state index in [0.717, 1.165) is 38.0 Å². The molecule has 138 valence electrons. The molecule has 1 aliphatic heterocycles. The fourth-order valence-corrected chi connectivity index (χ4v) is 3.73. The van der Waals surface area contributed by atoms with Gasteiger partial charge in [-0.3, -0.25) is 14.7 Å².